The second kappa shape index (κ2) is 3.35. The molecule has 14 heavy (non-hydrogen) atoms. The smallest absolute Gasteiger partial charge is 0.0644 e. The molecule has 3 aliphatic rings. The highest BCUT2D eigenvalue weighted by Gasteiger charge is 2.58. The van der Waals surface area contributed by atoms with E-state index in [1.165, 1.54) is 24.3 Å². The van der Waals surface area contributed by atoms with Crippen molar-refractivity contribution in [2.45, 2.75) is 37.2 Å². The minimum atomic E-state index is 0.675. The Morgan fingerprint density at radius 3 is 2.36 bits per heavy atom. The van der Waals surface area contributed by atoms with Crippen LogP contribution in [0.4, 0.5) is 0 Å². The number of fused-ring (bicyclic) bond motifs is 3. The van der Waals surface area contributed by atoms with Gasteiger partial charge in [-0.2, -0.15) is 0 Å². The van der Waals surface area contributed by atoms with Crippen molar-refractivity contribution in [2.75, 3.05) is 11.5 Å². The van der Waals surface area contributed by atoms with Gasteiger partial charge in [-0.15, -0.1) is 23.5 Å². The highest BCUT2D eigenvalue weighted by molar-refractivity contribution is 8.18. The molecule has 3 fully saturated rings. The zero-order valence-corrected chi connectivity index (χ0v) is 10.8. The van der Waals surface area contributed by atoms with Crippen LogP contribution >= 0.6 is 23.5 Å². The number of hydrogen-bond acceptors (Lipinski definition) is 2. The van der Waals surface area contributed by atoms with Crippen LogP contribution in [0.5, 0.6) is 0 Å². The minimum Gasteiger partial charge on any atom is -0.144 e. The third-order valence-electron chi connectivity index (χ3n) is 4.86. The van der Waals surface area contributed by atoms with Crippen molar-refractivity contribution in [3.05, 3.63) is 0 Å². The molecule has 2 bridgehead atoms. The summed E-state index contributed by atoms with van der Waals surface area (Å²) >= 11 is 4.61. The minimum absolute atomic E-state index is 0.675. The quantitative estimate of drug-likeness (QED) is 0.617. The van der Waals surface area contributed by atoms with Crippen LogP contribution in [0.1, 0.15) is 33.1 Å². The Balaban J connectivity index is 1.84. The molecule has 0 nitrogen and oxygen atoms in total. The predicted molar refractivity (Wildman–Crippen MR) is 66.8 cm³/mol. The molecule has 4 atom stereocenters. The topological polar surface area (TPSA) is 0 Å². The number of thioether (sulfide) groups is 2. The summed E-state index contributed by atoms with van der Waals surface area (Å²) in [6.07, 6.45) is 4.51. The normalized spacial score (nSPS) is 50.1. The van der Waals surface area contributed by atoms with Crippen LogP contribution in [0.25, 0.3) is 0 Å². The van der Waals surface area contributed by atoms with Gasteiger partial charge in [0, 0.05) is 0 Å². The van der Waals surface area contributed by atoms with E-state index in [1.54, 1.807) is 6.42 Å². The van der Waals surface area contributed by atoms with Gasteiger partial charge < -0.3 is 0 Å². The third kappa shape index (κ3) is 1.22. The molecule has 0 radical (unpaired) electrons. The fourth-order valence-electron chi connectivity index (χ4n) is 3.84. The maximum absolute atomic E-state index is 2.51. The van der Waals surface area contributed by atoms with Gasteiger partial charge in [-0.25, -0.2) is 0 Å². The van der Waals surface area contributed by atoms with E-state index in [-0.39, 0.29) is 0 Å². The lowest BCUT2D eigenvalue weighted by Crippen LogP contribution is -2.38. The standard InChI is InChI=1S/C12H20S2/c1-8-9(2)11-6-10(8)7-12(11)13-4-3-5-14-12/h8-11H,3-7H2,1-2H3. The average molecular weight is 228 g/mol. The Hall–Kier alpha value is 0.700. The van der Waals surface area contributed by atoms with Gasteiger partial charge in [0.25, 0.3) is 0 Å². The van der Waals surface area contributed by atoms with Gasteiger partial charge in [0.05, 0.1) is 4.08 Å². The molecule has 2 heteroatoms. The lowest BCUT2D eigenvalue weighted by Gasteiger charge is -2.44. The molecule has 0 aromatic rings. The fraction of sp³-hybridized carbons (Fsp3) is 1.00. The van der Waals surface area contributed by atoms with E-state index in [9.17, 15) is 0 Å². The molecule has 2 aliphatic carbocycles. The van der Waals surface area contributed by atoms with Gasteiger partial charge in [0.15, 0.2) is 0 Å². The molecule has 1 aliphatic heterocycles. The van der Waals surface area contributed by atoms with Crippen molar-refractivity contribution < 1.29 is 0 Å². The number of hydrogen-bond donors (Lipinski definition) is 0. The predicted octanol–water partition coefficient (Wildman–Crippen LogP) is 3.86. The first-order chi connectivity index (χ1) is 6.73. The summed E-state index contributed by atoms with van der Waals surface area (Å²) in [4.78, 5) is 0. The molecular weight excluding hydrogens is 208 g/mol. The molecule has 1 saturated heterocycles. The van der Waals surface area contributed by atoms with Crippen molar-refractivity contribution in [3.8, 4) is 0 Å². The SMILES string of the molecule is CC1C2CC(C1C)C1(C2)SCCCS1. The van der Waals surface area contributed by atoms with Crippen molar-refractivity contribution >= 4 is 23.5 Å². The molecule has 0 amide bonds. The van der Waals surface area contributed by atoms with Crippen LogP contribution in [0.15, 0.2) is 0 Å². The van der Waals surface area contributed by atoms with Crippen LogP contribution in [0.3, 0.4) is 0 Å². The van der Waals surface area contributed by atoms with Crippen molar-refractivity contribution in [3.63, 3.8) is 0 Å². The first kappa shape index (κ1) is 9.89. The van der Waals surface area contributed by atoms with E-state index >= 15 is 0 Å². The molecule has 0 aromatic carbocycles. The van der Waals surface area contributed by atoms with Gasteiger partial charge in [-0.1, -0.05) is 13.8 Å². The summed E-state index contributed by atoms with van der Waals surface area (Å²) in [6, 6.07) is 0. The molecule has 2 saturated carbocycles. The second-order valence-electron chi connectivity index (χ2n) is 5.39. The Bertz CT molecular complexity index is 230. The summed E-state index contributed by atoms with van der Waals surface area (Å²) in [5.41, 5.74) is 0. The van der Waals surface area contributed by atoms with E-state index in [0.717, 1.165) is 23.7 Å². The first-order valence-corrected chi connectivity index (χ1v) is 7.98. The third-order valence-corrected chi connectivity index (χ3v) is 8.47. The summed E-state index contributed by atoms with van der Waals surface area (Å²) in [5, 5.41) is 0. The molecule has 1 spiro atoms. The molecular formula is C12H20S2. The lowest BCUT2D eigenvalue weighted by atomic mass is 9.81. The van der Waals surface area contributed by atoms with Crippen LogP contribution < -0.4 is 0 Å². The lowest BCUT2D eigenvalue weighted by molar-refractivity contribution is 0.254. The van der Waals surface area contributed by atoms with Gasteiger partial charge >= 0.3 is 0 Å². The first-order valence-electron chi connectivity index (χ1n) is 6.01. The average Bonchev–Trinajstić information content (AvgIpc) is 2.67. The molecule has 0 N–H and O–H groups in total. The maximum Gasteiger partial charge on any atom is 0.0644 e. The molecule has 0 aromatic heterocycles. The fourth-order valence-corrected chi connectivity index (χ4v) is 7.84. The zero-order valence-electron chi connectivity index (χ0n) is 9.16. The van der Waals surface area contributed by atoms with E-state index in [1.807, 2.05) is 0 Å². The largest absolute Gasteiger partial charge is 0.144 e. The highest BCUT2D eigenvalue weighted by Crippen LogP contribution is 2.66. The zero-order chi connectivity index (χ0) is 9.76. The molecule has 4 unspecified atom stereocenters. The Morgan fingerprint density at radius 2 is 1.79 bits per heavy atom. The molecule has 80 valence electrons. The molecule has 3 rings (SSSR count). The van der Waals surface area contributed by atoms with Gasteiger partial charge in [-0.05, 0) is 54.4 Å². The molecule has 1 heterocycles. The van der Waals surface area contributed by atoms with E-state index in [2.05, 4.69) is 37.4 Å². The summed E-state index contributed by atoms with van der Waals surface area (Å²) in [7, 11) is 0. The van der Waals surface area contributed by atoms with Crippen molar-refractivity contribution in [2.24, 2.45) is 23.7 Å². The van der Waals surface area contributed by atoms with Crippen LogP contribution in [-0.2, 0) is 0 Å². The van der Waals surface area contributed by atoms with Gasteiger partial charge in [0.1, 0.15) is 0 Å². The monoisotopic (exact) mass is 228 g/mol. The summed E-state index contributed by atoms with van der Waals surface area (Å²) < 4.78 is 0.675. The second-order valence-corrected chi connectivity index (χ2v) is 8.50. The Labute approximate surface area is 96.0 Å². The van der Waals surface area contributed by atoms with E-state index in [0.29, 0.717) is 4.08 Å². The van der Waals surface area contributed by atoms with Crippen LogP contribution in [0.2, 0.25) is 0 Å². The summed E-state index contributed by atoms with van der Waals surface area (Å²) in [6.45, 7) is 4.99. The van der Waals surface area contributed by atoms with Crippen molar-refractivity contribution in [1.82, 2.24) is 0 Å². The number of rotatable bonds is 0. The highest BCUT2D eigenvalue weighted by atomic mass is 32.2. The maximum atomic E-state index is 2.51. The van der Waals surface area contributed by atoms with Crippen molar-refractivity contribution in [1.29, 1.82) is 0 Å². The van der Waals surface area contributed by atoms with Gasteiger partial charge in [-0.3, -0.25) is 0 Å². The van der Waals surface area contributed by atoms with Crippen LogP contribution in [-0.4, -0.2) is 15.6 Å². The van der Waals surface area contributed by atoms with Gasteiger partial charge in [0.2, 0.25) is 0 Å². The Morgan fingerprint density at radius 1 is 1.07 bits per heavy atom. The van der Waals surface area contributed by atoms with E-state index in [4.69, 9.17) is 0 Å². The van der Waals surface area contributed by atoms with E-state index < -0.39 is 0 Å². The summed E-state index contributed by atoms with van der Waals surface area (Å²) in [5.74, 6) is 6.96. The Kier molecular flexibility index (Phi) is 2.36. The van der Waals surface area contributed by atoms with Crippen LogP contribution in [0, 0.1) is 23.7 Å².